The monoisotopic (exact) mass is 404 g/mol. The summed E-state index contributed by atoms with van der Waals surface area (Å²) in [7, 11) is 0. The molecule has 1 aromatic carbocycles. The fraction of sp³-hybridized carbons (Fsp3) is 0.682. The summed E-state index contributed by atoms with van der Waals surface area (Å²) in [6.45, 7) is 7.01. The molecular formula is C22H33ClN4O. The van der Waals surface area contributed by atoms with E-state index < -0.39 is 0 Å². The zero-order valence-corrected chi connectivity index (χ0v) is 17.9. The number of piperidine rings is 1. The third-order valence-corrected chi connectivity index (χ3v) is 6.95. The summed E-state index contributed by atoms with van der Waals surface area (Å²) in [5, 5.41) is 14.6. The number of imidazole rings is 1. The van der Waals surface area contributed by atoms with E-state index in [0.29, 0.717) is 12.0 Å². The molecule has 1 aromatic heterocycles. The highest BCUT2D eigenvalue weighted by molar-refractivity contribution is 6.32. The first-order chi connectivity index (χ1) is 13.6. The third-order valence-electron chi connectivity index (χ3n) is 6.54. The van der Waals surface area contributed by atoms with Gasteiger partial charge < -0.3 is 14.6 Å². The lowest BCUT2D eigenvalue weighted by molar-refractivity contribution is 0.0617. The average molecular weight is 405 g/mol. The summed E-state index contributed by atoms with van der Waals surface area (Å²) in [5.74, 6) is 1.42. The van der Waals surface area contributed by atoms with Crippen molar-refractivity contribution in [1.82, 2.24) is 14.9 Å². The molecule has 1 unspecified atom stereocenters. The molecule has 1 saturated heterocycles. The summed E-state index contributed by atoms with van der Waals surface area (Å²) in [5.41, 5.74) is 3.30. The molecular weight excluding hydrogens is 372 g/mol. The minimum atomic E-state index is -0.388. The molecule has 1 aliphatic heterocycles. The Hall–Kier alpha value is -1.30. The van der Waals surface area contributed by atoms with E-state index in [9.17, 15) is 5.11 Å². The molecule has 2 aromatic rings. The second-order valence-electron chi connectivity index (χ2n) is 8.53. The van der Waals surface area contributed by atoms with Crippen molar-refractivity contribution in [2.45, 2.75) is 71.1 Å². The van der Waals surface area contributed by atoms with E-state index in [1.165, 1.54) is 24.8 Å². The molecule has 0 radical (unpaired) electrons. The van der Waals surface area contributed by atoms with Crippen LogP contribution in [0.2, 0.25) is 5.02 Å². The van der Waals surface area contributed by atoms with Gasteiger partial charge in [0, 0.05) is 30.1 Å². The zero-order valence-electron chi connectivity index (χ0n) is 17.1. The molecule has 2 aliphatic rings. The van der Waals surface area contributed by atoms with Gasteiger partial charge in [0.2, 0.25) is 5.95 Å². The number of anilines is 1. The Morgan fingerprint density at radius 1 is 1.25 bits per heavy atom. The van der Waals surface area contributed by atoms with Crippen molar-refractivity contribution in [3.05, 3.63) is 22.7 Å². The number of aryl methyl sites for hydroxylation is 1. The van der Waals surface area contributed by atoms with Gasteiger partial charge in [0.1, 0.15) is 6.23 Å². The molecule has 0 amide bonds. The van der Waals surface area contributed by atoms with Gasteiger partial charge in [-0.05, 0) is 69.7 Å². The first kappa shape index (κ1) is 20.0. The second kappa shape index (κ2) is 8.60. The number of nitrogens with zero attached hydrogens (tertiary/aromatic N) is 3. The quantitative estimate of drug-likeness (QED) is 0.521. The van der Waals surface area contributed by atoms with Crippen molar-refractivity contribution >= 4 is 28.6 Å². The first-order valence-corrected chi connectivity index (χ1v) is 11.3. The van der Waals surface area contributed by atoms with Gasteiger partial charge in [-0.15, -0.1) is 0 Å². The number of hydrogen-bond donors (Lipinski definition) is 2. The summed E-state index contributed by atoms with van der Waals surface area (Å²) in [6, 6.07) is 4.75. The van der Waals surface area contributed by atoms with Gasteiger partial charge in [-0.2, -0.15) is 0 Å². The number of hydrogen-bond acceptors (Lipinski definition) is 4. The lowest BCUT2D eigenvalue weighted by atomic mass is 9.92. The Balaban J connectivity index is 1.52. The van der Waals surface area contributed by atoms with Crippen molar-refractivity contribution in [1.29, 1.82) is 0 Å². The number of aliphatic hydroxyl groups is 1. The largest absolute Gasteiger partial charge is 0.378 e. The van der Waals surface area contributed by atoms with Crippen LogP contribution in [0, 0.1) is 12.8 Å². The predicted molar refractivity (Wildman–Crippen MR) is 116 cm³/mol. The molecule has 5 nitrogen and oxygen atoms in total. The number of halogens is 1. The summed E-state index contributed by atoms with van der Waals surface area (Å²) < 4.78 is 2.43. The van der Waals surface area contributed by atoms with Gasteiger partial charge in [-0.3, -0.25) is 5.32 Å². The number of benzene rings is 1. The molecule has 0 bridgehead atoms. The summed E-state index contributed by atoms with van der Waals surface area (Å²) in [6.07, 6.45) is 7.60. The first-order valence-electron chi connectivity index (χ1n) is 10.9. The van der Waals surface area contributed by atoms with Crippen LogP contribution in [0.4, 0.5) is 5.95 Å². The Bertz CT molecular complexity index is 808. The van der Waals surface area contributed by atoms with E-state index in [1.54, 1.807) is 0 Å². The van der Waals surface area contributed by atoms with E-state index in [-0.39, 0.29) is 6.23 Å². The maximum Gasteiger partial charge on any atom is 0.206 e. The third kappa shape index (κ3) is 3.89. The predicted octanol–water partition coefficient (Wildman–Crippen LogP) is 4.65. The maximum absolute atomic E-state index is 10.5. The Kier molecular flexibility index (Phi) is 6.14. The normalized spacial score (nSPS) is 19.9. The van der Waals surface area contributed by atoms with Crippen LogP contribution >= 0.6 is 11.6 Å². The number of fused-ring (bicyclic) bond motifs is 1. The van der Waals surface area contributed by atoms with Crippen molar-refractivity contribution in [2.75, 3.05) is 24.5 Å². The van der Waals surface area contributed by atoms with Crippen LogP contribution in [0.5, 0.6) is 0 Å². The van der Waals surface area contributed by atoms with Gasteiger partial charge >= 0.3 is 0 Å². The lowest BCUT2D eigenvalue weighted by Crippen LogP contribution is -2.44. The molecule has 28 heavy (non-hydrogen) atoms. The van der Waals surface area contributed by atoms with E-state index >= 15 is 0 Å². The SMILES string of the molecule is CCCCNC(O)C1CCN(c2nc3cc(C)c(Cl)cc3n2C2CCC2)CC1. The minimum absolute atomic E-state index is 0.325. The number of rotatable bonds is 7. The molecule has 154 valence electrons. The standard InChI is InChI=1S/C22H33ClN4O/c1-3-4-10-24-21(28)16-8-11-26(12-9-16)22-25-19-13-15(2)18(23)14-20(19)27(22)17-6-5-7-17/h13-14,16-17,21,24,28H,3-12H2,1-2H3. The fourth-order valence-corrected chi connectivity index (χ4v) is 4.60. The van der Waals surface area contributed by atoms with Crippen molar-refractivity contribution < 1.29 is 5.11 Å². The van der Waals surface area contributed by atoms with Crippen LogP contribution in [0.3, 0.4) is 0 Å². The smallest absolute Gasteiger partial charge is 0.206 e. The number of aliphatic hydroxyl groups excluding tert-OH is 1. The van der Waals surface area contributed by atoms with Gasteiger partial charge in [0.05, 0.1) is 11.0 Å². The van der Waals surface area contributed by atoms with E-state index in [0.717, 1.165) is 67.4 Å². The van der Waals surface area contributed by atoms with Crippen molar-refractivity contribution in [2.24, 2.45) is 5.92 Å². The molecule has 1 atom stereocenters. The molecule has 1 aliphatic carbocycles. The van der Waals surface area contributed by atoms with Crippen LogP contribution in [0.25, 0.3) is 11.0 Å². The fourth-order valence-electron chi connectivity index (χ4n) is 4.44. The Labute approximate surface area is 173 Å². The van der Waals surface area contributed by atoms with Gasteiger partial charge in [-0.25, -0.2) is 4.98 Å². The number of unbranched alkanes of at least 4 members (excludes halogenated alkanes) is 1. The van der Waals surface area contributed by atoms with E-state index in [2.05, 4.69) is 33.8 Å². The topological polar surface area (TPSA) is 53.3 Å². The van der Waals surface area contributed by atoms with Crippen LogP contribution in [-0.2, 0) is 0 Å². The summed E-state index contributed by atoms with van der Waals surface area (Å²) in [4.78, 5) is 7.44. The highest BCUT2D eigenvalue weighted by Crippen LogP contribution is 2.40. The highest BCUT2D eigenvalue weighted by Gasteiger charge is 2.31. The van der Waals surface area contributed by atoms with Gasteiger partial charge in [0.15, 0.2) is 0 Å². The summed E-state index contributed by atoms with van der Waals surface area (Å²) >= 11 is 6.44. The molecule has 1 saturated carbocycles. The van der Waals surface area contributed by atoms with Crippen LogP contribution in [-0.4, -0.2) is 40.5 Å². The average Bonchev–Trinajstić information content (AvgIpc) is 2.99. The molecule has 0 spiro atoms. The molecule has 2 N–H and O–H groups in total. The number of aromatic nitrogens is 2. The molecule has 4 rings (SSSR count). The lowest BCUT2D eigenvalue weighted by Gasteiger charge is -2.37. The Morgan fingerprint density at radius 2 is 2.00 bits per heavy atom. The van der Waals surface area contributed by atoms with Crippen molar-refractivity contribution in [3.8, 4) is 0 Å². The van der Waals surface area contributed by atoms with Gasteiger partial charge in [-0.1, -0.05) is 24.9 Å². The zero-order chi connectivity index (χ0) is 19.7. The van der Waals surface area contributed by atoms with Crippen LogP contribution in [0.15, 0.2) is 12.1 Å². The minimum Gasteiger partial charge on any atom is -0.378 e. The second-order valence-corrected chi connectivity index (χ2v) is 8.94. The molecule has 2 heterocycles. The highest BCUT2D eigenvalue weighted by atomic mass is 35.5. The van der Waals surface area contributed by atoms with E-state index in [1.807, 2.05) is 6.92 Å². The molecule has 2 fully saturated rings. The van der Waals surface area contributed by atoms with Crippen molar-refractivity contribution in [3.63, 3.8) is 0 Å². The Morgan fingerprint density at radius 3 is 2.64 bits per heavy atom. The van der Waals surface area contributed by atoms with Crippen LogP contribution in [0.1, 0.15) is 63.5 Å². The van der Waals surface area contributed by atoms with Gasteiger partial charge in [0.25, 0.3) is 0 Å². The van der Waals surface area contributed by atoms with E-state index in [4.69, 9.17) is 16.6 Å². The number of nitrogens with one attached hydrogen (secondary N) is 1. The van der Waals surface area contributed by atoms with Crippen LogP contribution < -0.4 is 10.2 Å². The maximum atomic E-state index is 10.5. The molecule has 6 heteroatoms.